The Morgan fingerprint density at radius 3 is 3.00 bits per heavy atom. The number of allylic oxidation sites excluding steroid dienone is 3. The molecule has 0 aromatic rings. The molecule has 1 rings (SSSR count). The maximum absolute atomic E-state index is 9.29. The van der Waals surface area contributed by atoms with E-state index in [1.165, 1.54) is 5.57 Å². The van der Waals surface area contributed by atoms with E-state index in [0.717, 1.165) is 25.7 Å². The number of aliphatic hydroxyl groups excluding tert-OH is 1. The van der Waals surface area contributed by atoms with Crippen LogP contribution in [0.5, 0.6) is 0 Å². The lowest BCUT2D eigenvalue weighted by Crippen LogP contribution is -1.93. The average Bonchev–Trinajstić information content (AvgIpc) is 1.94. The Hall–Kier alpha value is -0.720. The van der Waals surface area contributed by atoms with Gasteiger partial charge in [0, 0.05) is 0 Å². The van der Waals surface area contributed by atoms with Gasteiger partial charge in [-0.05, 0) is 30.9 Å². The van der Waals surface area contributed by atoms with E-state index in [1.54, 1.807) is 0 Å². The van der Waals surface area contributed by atoms with Gasteiger partial charge >= 0.3 is 0 Å². The fourth-order valence-electron chi connectivity index (χ4n) is 1.25. The number of aliphatic hydroxyl groups is 1. The average molecular weight is 138 g/mol. The van der Waals surface area contributed by atoms with E-state index in [4.69, 9.17) is 0 Å². The van der Waals surface area contributed by atoms with Crippen LogP contribution >= 0.6 is 0 Å². The highest BCUT2D eigenvalue weighted by Gasteiger charge is 2.04. The van der Waals surface area contributed by atoms with Crippen LogP contribution in [0.25, 0.3) is 0 Å². The predicted octanol–water partition coefficient (Wildman–Crippen LogP) is 2.95. The second kappa shape index (κ2) is 3.45. The molecule has 1 aliphatic carbocycles. The Kier molecular flexibility index (Phi) is 2.55. The van der Waals surface area contributed by atoms with Crippen LogP contribution in [0, 0.1) is 0 Å². The maximum Gasteiger partial charge on any atom is 0.114 e. The normalized spacial score (nSPS) is 18.1. The summed E-state index contributed by atoms with van der Waals surface area (Å²) in [5.41, 5.74) is 1.23. The zero-order valence-electron chi connectivity index (χ0n) is 6.43. The van der Waals surface area contributed by atoms with Crippen LogP contribution < -0.4 is 0 Å². The second-order valence-electron chi connectivity index (χ2n) is 2.68. The fraction of sp³-hybridized carbons (Fsp3) is 0.556. The molecule has 0 aliphatic heterocycles. The van der Waals surface area contributed by atoms with Gasteiger partial charge in [-0.15, -0.1) is 0 Å². The Labute approximate surface area is 62.1 Å². The molecule has 10 heavy (non-hydrogen) atoms. The topological polar surface area (TPSA) is 20.2 Å². The van der Waals surface area contributed by atoms with Crippen LogP contribution in [0.4, 0.5) is 0 Å². The number of hydrogen-bond donors (Lipinski definition) is 1. The third-order valence-corrected chi connectivity index (χ3v) is 1.80. The molecule has 0 aromatic heterocycles. The van der Waals surface area contributed by atoms with Crippen molar-refractivity contribution < 1.29 is 5.11 Å². The van der Waals surface area contributed by atoms with Crippen molar-refractivity contribution in [3.63, 3.8) is 0 Å². The molecule has 1 nitrogen and oxygen atoms in total. The first-order valence-corrected chi connectivity index (χ1v) is 3.92. The molecule has 0 bridgehead atoms. The minimum atomic E-state index is 0.508. The molecular formula is C9H14O. The standard InChI is InChI=1S/C9H14O/c1-2-5-8-6-3-4-7-9(8)10/h4,7,10H,2-3,5-6H2,1H3. The molecule has 0 saturated heterocycles. The molecule has 0 saturated carbocycles. The minimum absolute atomic E-state index is 0.508. The number of hydrogen-bond acceptors (Lipinski definition) is 1. The fourth-order valence-corrected chi connectivity index (χ4v) is 1.25. The van der Waals surface area contributed by atoms with Crippen molar-refractivity contribution in [1.29, 1.82) is 0 Å². The highest BCUT2D eigenvalue weighted by Crippen LogP contribution is 2.20. The van der Waals surface area contributed by atoms with Crippen molar-refractivity contribution in [2.45, 2.75) is 32.6 Å². The molecule has 0 radical (unpaired) electrons. The van der Waals surface area contributed by atoms with Gasteiger partial charge in [0.25, 0.3) is 0 Å². The van der Waals surface area contributed by atoms with E-state index >= 15 is 0 Å². The molecule has 0 spiro atoms. The highest BCUT2D eigenvalue weighted by molar-refractivity contribution is 5.23. The van der Waals surface area contributed by atoms with E-state index in [0.29, 0.717) is 5.76 Å². The predicted molar refractivity (Wildman–Crippen MR) is 42.9 cm³/mol. The molecular weight excluding hydrogens is 124 g/mol. The zero-order valence-corrected chi connectivity index (χ0v) is 6.43. The van der Waals surface area contributed by atoms with Crippen LogP contribution in [-0.2, 0) is 0 Å². The largest absolute Gasteiger partial charge is 0.508 e. The third-order valence-electron chi connectivity index (χ3n) is 1.80. The van der Waals surface area contributed by atoms with E-state index in [2.05, 4.69) is 6.92 Å². The van der Waals surface area contributed by atoms with Gasteiger partial charge in [-0.1, -0.05) is 19.4 Å². The molecule has 0 unspecified atom stereocenters. The molecule has 0 aromatic carbocycles. The van der Waals surface area contributed by atoms with Gasteiger partial charge < -0.3 is 5.11 Å². The summed E-state index contributed by atoms with van der Waals surface area (Å²) >= 11 is 0. The summed E-state index contributed by atoms with van der Waals surface area (Å²) < 4.78 is 0. The first kappa shape index (κ1) is 7.39. The lowest BCUT2D eigenvalue weighted by Gasteiger charge is -2.09. The first-order chi connectivity index (χ1) is 4.84. The third kappa shape index (κ3) is 1.63. The first-order valence-electron chi connectivity index (χ1n) is 3.92. The monoisotopic (exact) mass is 138 g/mol. The van der Waals surface area contributed by atoms with E-state index in [9.17, 15) is 5.11 Å². The Morgan fingerprint density at radius 1 is 1.60 bits per heavy atom. The van der Waals surface area contributed by atoms with Gasteiger partial charge in [0.1, 0.15) is 5.76 Å². The number of rotatable bonds is 2. The van der Waals surface area contributed by atoms with Gasteiger partial charge in [-0.25, -0.2) is 0 Å². The summed E-state index contributed by atoms with van der Waals surface area (Å²) in [5, 5.41) is 9.29. The highest BCUT2D eigenvalue weighted by atomic mass is 16.3. The summed E-state index contributed by atoms with van der Waals surface area (Å²) in [6.45, 7) is 2.14. The van der Waals surface area contributed by atoms with Crippen LogP contribution in [-0.4, -0.2) is 5.11 Å². The lowest BCUT2D eigenvalue weighted by molar-refractivity contribution is 0.415. The summed E-state index contributed by atoms with van der Waals surface area (Å²) in [5.74, 6) is 0.508. The molecule has 1 heteroatoms. The minimum Gasteiger partial charge on any atom is -0.508 e. The summed E-state index contributed by atoms with van der Waals surface area (Å²) in [6, 6.07) is 0. The van der Waals surface area contributed by atoms with Gasteiger partial charge in [0.05, 0.1) is 0 Å². The van der Waals surface area contributed by atoms with E-state index in [-0.39, 0.29) is 0 Å². The lowest BCUT2D eigenvalue weighted by atomic mass is 10.00. The molecule has 56 valence electrons. The molecule has 0 atom stereocenters. The zero-order chi connectivity index (χ0) is 7.40. The quantitative estimate of drug-likeness (QED) is 0.622. The van der Waals surface area contributed by atoms with Crippen molar-refractivity contribution >= 4 is 0 Å². The van der Waals surface area contributed by atoms with Crippen molar-refractivity contribution in [3.8, 4) is 0 Å². The molecule has 1 aliphatic rings. The van der Waals surface area contributed by atoms with Crippen LogP contribution in [0.15, 0.2) is 23.5 Å². The molecule has 1 N–H and O–H groups in total. The van der Waals surface area contributed by atoms with Crippen molar-refractivity contribution in [2.75, 3.05) is 0 Å². The summed E-state index contributed by atoms with van der Waals surface area (Å²) in [6.07, 6.45) is 8.17. The van der Waals surface area contributed by atoms with E-state index < -0.39 is 0 Å². The summed E-state index contributed by atoms with van der Waals surface area (Å²) in [4.78, 5) is 0. The van der Waals surface area contributed by atoms with Crippen molar-refractivity contribution in [3.05, 3.63) is 23.5 Å². The van der Waals surface area contributed by atoms with Crippen LogP contribution in [0.1, 0.15) is 32.6 Å². The second-order valence-corrected chi connectivity index (χ2v) is 2.68. The van der Waals surface area contributed by atoms with Gasteiger partial charge in [-0.3, -0.25) is 0 Å². The maximum atomic E-state index is 9.29. The van der Waals surface area contributed by atoms with Crippen molar-refractivity contribution in [1.82, 2.24) is 0 Å². The van der Waals surface area contributed by atoms with Gasteiger partial charge in [0.2, 0.25) is 0 Å². The Bertz CT molecular complexity index is 166. The van der Waals surface area contributed by atoms with Crippen LogP contribution in [0.2, 0.25) is 0 Å². The van der Waals surface area contributed by atoms with E-state index in [1.807, 2.05) is 12.2 Å². The molecule has 0 amide bonds. The Morgan fingerprint density at radius 2 is 2.40 bits per heavy atom. The summed E-state index contributed by atoms with van der Waals surface area (Å²) in [7, 11) is 0. The SMILES string of the molecule is CCCC1=C(O)C=CCC1. The molecule has 0 fully saturated rings. The van der Waals surface area contributed by atoms with Crippen LogP contribution in [0.3, 0.4) is 0 Å². The Balaban J connectivity index is 2.60. The van der Waals surface area contributed by atoms with Crippen molar-refractivity contribution in [2.24, 2.45) is 0 Å². The smallest absolute Gasteiger partial charge is 0.114 e. The van der Waals surface area contributed by atoms with Gasteiger partial charge in [-0.2, -0.15) is 0 Å². The molecule has 0 heterocycles. The van der Waals surface area contributed by atoms with Gasteiger partial charge in [0.15, 0.2) is 0 Å².